The Morgan fingerprint density at radius 3 is 3.11 bits per heavy atom. The van der Waals surface area contributed by atoms with Gasteiger partial charge in [-0.1, -0.05) is 22.0 Å². The minimum Gasteiger partial charge on any atom is -0.437 e. The summed E-state index contributed by atoms with van der Waals surface area (Å²) in [6, 6.07) is 7.94. The Bertz CT molecular complexity index is 694. The molecule has 92 valence electrons. The smallest absolute Gasteiger partial charge is 0.243 e. The summed E-state index contributed by atoms with van der Waals surface area (Å²) in [6.45, 7) is 0. The van der Waals surface area contributed by atoms with E-state index in [0.29, 0.717) is 11.2 Å². The second-order valence-corrected chi connectivity index (χ2v) is 6.29. The van der Waals surface area contributed by atoms with Gasteiger partial charge in [0.15, 0.2) is 4.96 Å². The zero-order chi connectivity index (χ0) is 12.5. The second-order valence-electron chi connectivity index (χ2n) is 3.61. The van der Waals surface area contributed by atoms with Crippen LogP contribution in [0.25, 0.3) is 4.96 Å². The Kier molecular flexibility index (Phi) is 3.58. The molecule has 0 amide bonds. The lowest BCUT2D eigenvalue weighted by molar-refractivity contribution is 0.461. The van der Waals surface area contributed by atoms with Crippen LogP contribution in [-0.4, -0.2) is 9.38 Å². The Morgan fingerprint density at radius 2 is 2.33 bits per heavy atom. The molecule has 3 aromatic rings. The Morgan fingerprint density at radius 1 is 1.44 bits per heavy atom. The normalized spacial score (nSPS) is 11.0. The van der Waals surface area contributed by atoms with Gasteiger partial charge >= 0.3 is 0 Å². The predicted octanol–water partition coefficient (Wildman–Crippen LogP) is 4.69. The van der Waals surface area contributed by atoms with Crippen molar-refractivity contribution in [2.75, 3.05) is 0 Å². The molecule has 3 rings (SSSR count). The number of benzene rings is 1. The van der Waals surface area contributed by atoms with E-state index in [-0.39, 0.29) is 0 Å². The first kappa shape index (κ1) is 12.4. The maximum Gasteiger partial charge on any atom is 0.243 e. The monoisotopic (exact) mass is 434 g/mol. The molecule has 0 unspecified atom stereocenters. The van der Waals surface area contributed by atoms with Gasteiger partial charge in [-0.25, -0.2) is 0 Å². The average molecular weight is 435 g/mol. The fraction of sp³-hybridized carbons (Fsp3) is 0.0833. The zero-order valence-corrected chi connectivity index (χ0v) is 13.7. The minimum absolute atomic E-state index is 0.667. The van der Waals surface area contributed by atoms with Crippen LogP contribution >= 0.6 is 49.9 Å². The summed E-state index contributed by atoms with van der Waals surface area (Å²) in [5.74, 6) is 1.48. The van der Waals surface area contributed by atoms with Gasteiger partial charge in [-0.05, 0) is 40.8 Å². The maximum atomic E-state index is 5.86. The molecule has 18 heavy (non-hydrogen) atoms. The maximum absolute atomic E-state index is 5.86. The zero-order valence-electron chi connectivity index (χ0n) is 9.14. The number of halogens is 2. The van der Waals surface area contributed by atoms with Crippen LogP contribution in [0.2, 0.25) is 0 Å². The molecule has 0 saturated carbocycles. The third-order valence-electron chi connectivity index (χ3n) is 2.46. The van der Waals surface area contributed by atoms with E-state index in [9.17, 15) is 0 Å². The number of ether oxygens (including phenoxy) is 1. The standard InChI is InChI=1S/C12H8BrIN2OS/c13-7-10-11(15-12-16(10)4-5-18-12)17-9-3-1-2-8(14)6-9/h1-6H,7H2. The summed E-state index contributed by atoms with van der Waals surface area (Å²) >= 11 is 7.35. The molecule has 2 heterocycles. The van der Waals surface area contributed by atoms with Crippen molar-refractivity contribution in [3.8, 4) is 11.6 Å². The first-order chi connectivity index (χ1) is 8.78. The highest BCUT2D eigenvalue weighted by Crippen LogP contribution is 2.29. The van der Waals surface area contributed by atoms with E-state index >= 15 is 0 Å². The van der Waals surface area contributed by atoms with E-state index < -0.39 is 0 Å². The molecule has 1 aromatic carbocycles. The fourth-order valence-corrected chi connectivity index (χ4v) is 3.41. The van der Waals surface area contributed by atoms with Crippen molar-refractivity contribution in [2.24, 2.45) is 0 Å². The van der Waals surface area contributed by atoms with Crippen molar-refractivity contribution in [3.05, 3.63) is 45.1 Å². The lowest BCUT2D eigenvalue weighted by Crippen LogP contribution is -1.91. The van der Waals surface area contributed by atoms with Crippen LogP contribution in [0.4, 0.5) is 0 Å². The van der Waals surface area contributed by atoms with Gasteiger partial charge in [-0.15, -0.1) is 11.3 Å². The van der Waals surface area contributed by atoms with Crippen molar-refractivity contribution in [3.63, 3.8) is 0 Å². The molecule has 0 atom stereocenters. The summed E-state index contributed by atoms with van der Waals surface area (Å²) in [6.07, 6.45) is 2.01. The first-order valence-electron chi connectivity index (χ1n) is 5.22. The van der Waals surface area contributed by atoms with Crippen LogP contribution in [-0.2, 0) is 5.33 Å². The molecule has 0 aliphatic carbocycles. The largest absolute Gasteiger partial charge is 0.437 e. The average Bonchev–Trinajstić information content (AvgIpc) is 2.89. The van der Waals surface area contributed by atoms with Gasteiger partial charge in [0, 0.05) is 20.5 Å². The summed E-state index contributed by atoms with van der Waals surface area (Å²) in [4.78, 5) is 5.44. The number of aromatic nitrogens is 2. The van der Waals surface area contributed by atoms with Crippen LogP contribution in [0.1, 0.15) is 5.69 Å². The lowest BCUT2D eigenvalue weighted by atomic mass is 10.3. The highest BCUT2D eigenvalue weighted by atomic mass is 127. The SMILES string of the molecule is BrCc1c(Oc2cccc(I)c2)nc2sccn12. The van der Waals surface area contributed by atoms with Crippen LogP contribution in [0.3, 0.4) is 0 Å². The van der Waals surface area contributed by atoms with Crippen molar-refractivity contribution < 1.29 is 4.74 Å². The molecular weight excluding hydrogens is 427 g/mol. The molecule has 2 aromatic heterocycles. The molecule has 0 aliphatic heterocycles. The molecule has 0 N–H and O–H groups in total. The first-order valence-corrected chi connectivity index (χ1v) is 8.30. The van der Waals surface area contributed by atoms with Gasteiger partial charge < -0.3 is 4.74 Å². The molecule has 0 aliphatic rings. The van der Waals surface area contributed by atoms with Gasteiger partial charge in [0.1, 0.15) is 5.75 Å². The number of hydrogen-bond acceptors (Lipinski definition) is 3. The third-order valence-corrected chi connectivity index (χ3v) is 4.42. The summed E-state index contributed by atoms with van der Waals surface area (Å²) < 4.78 is 9.05. The summed E-state index contributed by atoms with van der Waals surface area (Å²) in [5, 5.41) is 2.73. The number of hydrogen-bond donors (Lipinski definition) is 0. The molecule has 0 bridgehead atoms. The van der Waals surface area contributed by atoms with E-state index in [1.165, 1.54) is 0 Å². The molecule has 6 heteroatoms. The second kappa shape index (κ2) is 5.18. The van der Waals surface area contributed by atoms with Crippen LogP contribution in [0.5, 0.6) is 11.6 Å². The summed E-state index contributed by atoms with van der Waals surface area (Å²) in [7, 11) is 0. The topological polar surface area (TPSA) is 26.5 Å². The van der Waals surface area contributed by atoms with E-state index in [2.05, 4.69) is 43.5 Å². The fourth-order valence-electron chi connectivity index (χ4n) is 1.66. The van der Waals surface area contributed by atoms with Gasteiger partial charge in [0.05, 0.1) is 5.69 Å². The van der Waals surface area contributed by atoms with Crippen molar-refractivity contribution >= 4 is 54.8 Å². The molecular formula is C12H8BrIN2OS. The minimum atomic E-state index is 0.667. The van der Waals surface area contributed by atoms with Crippen molar-refractivity contribution in [1.29, 1.82) is 0 Å². The molecule has 0 saturated heterocycles. The number of imidazole rings is 1. The van der Waals surface area contributed by atoms with Crippen molar-refractivity contribution in [1.82, 2.24) is 9.38 Å². The van der Waals surface area contributed by atoms with Gasteiger partial charge in [0.2, 0.25) is 5.88 Å². The number of rotatable bonds is 3. The van der Waals surface area contributed by atoms with Crippen molar-refractivity contribution in [2.45, 2.75) is 5.33 Å². The van der Waals surface area contributed by atoms with E-state index in [0.717, 1.165) is 20.0 Å². The van der Waals surface area contributed by atoms with Gasteiger partial charge in [-0.2, -0.15) is 4.98 Å². The Labute approximate surface area is 130 Å². The Hall–Kier alpha value is -0.600. The lowest BCUT2D eigenvalue weighted by Gasteiger charge is -2.04. The molecule has 0 spiro atoms. The number of alkyl halides is 1. The highest BCUT2D eigenvalue weighted by Gasteiger charge is 2.14. The molecule has 0 radical (unpaired) electrons. The van der Waals surface area contributed by atoms with Crippen LogP contribution in [0.15, 0.2) is 35.8 Å². The number of thiazole rings is 1. The van der Waals surface area contributed by atoms with E-state index in [4.69, 9.17) is 4.74 Å². The highest BCUT2D eigenvalue weighted by molar-refractivity contribution is 14.1. The number of nitrogens with zero attached hydrogens (tertiary/aromatic N) is 2. The quantitative estimate of drug-likeness (QED) is 0.441. The van der Waals surface area contributed by atoms with Crippen LogP contribution < -0.4 is 4.74 Å². The van der Waals surface area contributed by atoms with Gasteiger partial charge in [0.25, 0.3) is 0 Å². The predicted molar refractivity (Wildman–Crippen MR) is 84.9 cm³/mol. The molecule has 3 nitrogen and oxygen atoms in total. The van der Waals surface area contributed by atoms with Crippen LogP contribution in [0, 0.1) is 3.57 Å². The summed E-state index contributed by atoms with van der Waals surface area (Å²) in [5.41, 5.74) is 1.03. The number of fused-ring (bicyclic) bond motifs is 1. The Balaban J connectivity index is 2.01. The van der Waals surface area contributed by atoms with E-state index in [1.54, 1.807) is 11.3 Å². The molecule has 0 fully saturated rings. The van der Waals surface area contributed by atoms with Gasteiger partial charge in [-0.3, -0.25) is 4.40 Å². The van der Waals surface area contributed by atoms with E-state index in [1.807, 2.05) is 40.2 Å². The third kappa shape index (κ3) is 2.28.